The Bertz CT molecular complexity index is 967. The summed E-state index contributed by atoms with van der Waals surface area (Å²) in [6, 6.07) is 7.23. The summed E-state index contributed by atoms with van der Waals surface area (Å²) in [5.74, 6) is 1.03. The first-order valence-corrected chi connectivity index (χ1v) is 11.4. The first kappa shape index (κ1) is 22.4. The molecule has 0 spiro atoms. The lowest BCUT2D eigenvalue weighted by atomic mass is 10.0. The molecule has 2 fully saturated rings. The van der Waals surface area contributed by atoms with Crippen LogP contribution in [0.4, 0.5) is 5.82 Å². The fraction of sp³-hybridized carbons (Fsp3) is 0.565. The van der Waals surface area contributed by atoms with Gasteiger partial charge < -0.3 is 20.7 Å². The topological polar surface area (TPSA) is 114 Å². The summed E-state index contributed by atoms with van der Waals surface area (Å²) in [7, 11) is 0. The van der Waals surface area contributed by atoms with Gasteiger partial charge in [0, 0.05) is 38.2 Å². The van der Waals surface area contributed by atoms with Gasteiger partial charge in [0.2, 0.25) is 5.91 Å². The average Bonchev–Trinajstić information content (AvgIpc) is 3.32. The van der Waals surface area contributed by atoms with Gasteiger partial charge in [0.25, 0.3) is 5.91 Å². The highest BCUT2D eigenvalue weighted by Gasteiger charge is 2.30. The van der Waals surface area contributed by atoms with Gasteiger partial charge in [-0.1, -0.05) is 26.0 Å². The Morgan fingerprint density at radius 3 is 2.59 bits per heavy atom. The van der Waals surface area contributed by atoms with Gasteiger partial charge in [0.1, 0.15) is 23.8 Å². The second-order valence-corrected chi connectivity index (χ2v) is 8.88. The molecule has 1 aromatic carbocycles. The Balaban J connectivity index is 1.46. The standard InChI is InChI=1S/C23H32N6O3/c1-15(2)20(21(24)30)27-22-16-6-3-4-7-17(16)25-19(26-22)14-28-9-11-29(12-10-28)23(31)18-8-5-13-32-18/h3-4,6-7,15,18,20H,5,8-14H2,1-2H3,(H2,24,30)(H,25,26,27)/t18?,20-/m0/s1. The van der Waals surface area contributed by atoms with E-state index in [4.69, 9.17) is 20.4 Å². The number of nitrogens with one attached hydrogen (secondary N) is 1. The normalized spacial score (nSPS) is 20.6. The molecular formula is C23H32N6O3. The molecule has 2 atom stereocenters. The molecule has 0 bridgehead atoms. The third-order valence-corrected chi connectivity index (χ3v) is 6.17. The fourth-order valence-electron chi connectivity index (χ4n) is 4.32. The lowest BCUT2D eigenvalue weighted by Gasteiger charge is -2.35. The van der Waals surface area contributed by atoms with E-state index < -0.39 is 11.9 Å². The van der Waals surface area contributed by atoms with Gasteiger partial charge in [-0.2, -0.15) is 0 Å². The fourth-order valence-corrected chi connectivity index (χ4v) is 4.32. The van der Waals surface area contributed by atoms with Gasteiger partial charge in [0.05, 0.1) is 12.1 Å². The van der Waals surface area contributed by atoms with Crippen LogP contribution in [0.5, 0.6) is 0 Å². The number of aromatic nitrogens is 2. The molecule has 1 aromatic heterocycles. The number of hydrogen-bond donors (Lipinski definition) is 2. The van der Waals surface area contributed by atoms with E-state index in [0.717, 1.165) is 36.8 Å². The van der Waals surface area contributed by atoms with Crippen molar-refractivity contribution in [2.75, 3.05) is 38.1 Å². The number of fused-ring (bicyclic) bond motifs is 1. The summed E-state index contributed by atoms with van der Waals surface area (Å²) in [6.45, 7) is 8.02. The van der Waals surface area contributed by atoms with Crippen LogP contribution in [0.1, 0.15) is 32.5 Å². The quantitative estimate of drug-likeness (QED) is 0.668. The number of para-hydroxylation sites is 1. The van der Waals surface area contributed by atoms with Gasteiger partial charge in [-0.15, -0.1) is 0 Å². The highest BCUT2D eigenvalue weighted by molar-refractivity contribution is 5.92. The highest BCUT2D eigenvalue weighted by atomic mass is 16.5. The van der Waals surface area contributed by atoms with E-state index in [-0.39, 0.29) is 17.9 Å². The van der Waals surface area contributed by atoms with Crippen molar-refractivity contribution >= 4 is 28.5 Å². The van der Waals surface area contributed by atoms with Crippen molar-refractivity contribution in [1.82, 2.24) is 19.8 Å². The number of anilines is 1. The van der Waals surface area contributed by atoms with Crippen LogP contribution in [0.3, 0.4) is 0 Å². The van der Waals surface area contributed by atoms with E-state index in [9.17, 15) is 9.59 Å². The molecule has 32 heavy (non-hydrogen) atoms. The summed E-state index contributed by atoms with van der Waals surface area (Å²) in [5.41, 5.74) is 6.42. The minimum atomic E-state index is -0.520. The Morgan fingerprint density at radius 1 is 1.19 bits per heavy atom. The lowest BCUT2D eigenvalue weighted by Crippen LogP contribution is -2.51. The van der Waals surface area contributed by atoms with Crippen molar-refractivity contribution in [2.45, 2.75) is 45.4 Å². The lowest BCUT2D eigenvalue weighted by molar-refractivity contribution is -0.142. The second-order valence-electron chi connectivity index (χ2n) is 8.88. The van der Waals surface area contributed by atoms with Crippen LogP contribution >= 0.6 is 0 Å². The number of nitrogens with zero attached hydrogens (tertiary/aromatic N) is 4. The molecule has 2 saturated heterocycles. The number of rotatable bonds is 7. The van der Waals surface area contributed by atoms with E-state index in [1.165, 1.54) is 0 Å². The molecular weight excluding hydrogens is 408 g/mol. The molecule has 3 heterocycles. The number of piperazine rings is 1. The van der Waals surface area contributed by atoms with Crippen molar-refractivity contribution in [2.24, 2.45) is 11.7 Å². The van der Waals surface area contributed by atoms with E-state index in [1.807, 2.05) is 43.0 Å². The van der Waals surface area contributed by atoms with E-state index in [0.29, 0.717) is 37.9 Å². The third kappa shape index (κ3) is 4.99. The summed E-state index contributed by atoms with van der Waals surface area (Å²) in [6.07, 6.45) is 1.51. The van der Waals surface area contributed by atoms with Crippen LogP contribution < -0.4 is 11.1 Å². The van der Waals surface area contributed by atoms with Gasteiger partial charge in [0.15, 0.2) is 0 Å². The number of amides is 2. The summed E-state index contributed by atoms with van der Waals surface area (Å²) < 4.78 is 5.55. The number of carbonyl (C=O) groups is 2. The van der Waals surface area contributed by atoms with Crippen LogP contribution in [0.15, 0.2) is 24.3 Å². The summed E-state index contributed by atoms with van der Waals surface area (Å²) in [4.78, 5) is 38.1. The molecule has 2 aliphatic rings. The molecule has 0 aliphatic carbocycles. The average molecular weight is 441 g/mol. The largest absolute Gasteiger partial charge is 0.368 e. The zero-order valence-corrected chi connectivity index (χ0v) is 18.8. The minimum absolute atomic E-state index is 0.0270. The monoisotopic (exact) mass is 440 g/mol. The maximum Gasteiger partial charge on any atom is 0.251 e. The number of primary amides is 1. The van der Waals surface area contributed by atoms with Crippen molar-refractivity contribution in [3.63, 3.8) is 0 Å². The van der Waals surface area contributed by atoms with Gasteiger partial charge in [-0.25, -0.2) is 9.97 Å². The van der Waals surface area contributed by atoms with Crippen LogP contribution in [0, 0.1) is 5.92 Å². The molecule has 2 aliphatic heterocycles. The first-order chi connectivity index (χ1) is 15.4. The Kier molecular flexibility index (Phi) is 6.86. The maximum absolute atomic E-state index is 12.6. The molecule has 2 aromatic rings. The van der Waals surface area contributed by atoms with Crippen molar-refractivity contribution < 1.29 is 14.3 Å². The van der Waals surface area contributed by atoms with E-state index in [1.54, 1.807) is 0 Å². The maximum atomic E-state index is 12.6. The predicted molar refractivity (Wildman–Crippen MR) is 122 cm³/mol. The molecule has 172 valence electrons. The Labute approximate surface area is 188 Å². The van der Waals surface area contributed by atoms with Crippen LogP contribution in [0.2, 0.25) is 0 Å². The van der Waals surface area contributed by atoms with E-state index in [2.05, 4.69) is 10.2 Å². The number of benzene rings is 1. The molecule has 0 radical (unpaired) electrons. The first-order valence-electron chi connectivity index (χ1n) is 11.4. The summed E-state index contributed by atoms with van der Waals surface area (Å²) >= 11 is 0. The summed E-state index contributed by atoms with van der Waals surface area (Å²) in [5, 5.41) is 4.10. The van der Waals surface area contributed by atoms with Gasteiger partial charge >= 0.3 is 0 Å². The highest BCUT2D eigenvalue weighted by Crippen LogP contribution is 2.23. The van der Waals surface area contributed by atoms with Gasteiger partial charge in [-0.05, 0) is 30.9 Å². The number of ether oxygens (including phenoxy) is 1. The molecule has 3 N–H and O–H groups in total. The molecule has 0 saturated carbocycles. The number of carbonyl (C=O) groups excluding carboxylic acids is 2. The van der Waals surface area contributed by atoms with Crippen molar-refractivity contribution in [3.8, 4) is 0 Å². The molecule has 1 unspecified atom stereocenters. The predicted octanol–water partition coefficient (Wildman–Crippen LogP) is 1.37. The molecule has 2 amide bonds. The van der Waals surface area contributed by atoms with Crippen LogP contribution in [-0.2, 0) is 20.9 Å². The smallest absolute Gasteiger partial charge is 0.251 e. The SMILES string of the molecule is CC(C)[C@H](Nc1nc(CN2CCN(C(=O)C3CCCO3)CC2)nc2ccccc12)C(N)=O. The molecule has 9 nitrogen and oxygen atoms in total. The third-order valence-electron chi connectivity index (χ3n) is 6.17. The zero-order chi connectivity index (χ0) is 22.7. The number of hydrogen-bond acceptors (Lipinski definition) is 7. The second kappa shape index (κ2) is 9.79. The van der Waals surface area contributed by atoms with E-state index >= 15 is 0 Å². The van der Waals surface area contributed by atoms with Crippen molar-refractivity contribution in [3.05, 3.63) is 30.1 Å². The molecule has 4 rings (SSSR count). The Hall–Kier alpha value is -2.78. The zero-order valence-electron chi connectivity index (χ0n) is 18.8. The molecule has 9 heteroatoms. The van der Waals surface area contributed by atoms with Crippen LogP contribution in [-0.4, -0.2) is 76.5 Å². The minimum Gasteiger partial charge on any atom is -0.368 e. The Morgan fingerprint density at radius 2 is 1.94 bits per heavy atom. The van der Waals surface area contributed by atoms with Crippen LogP contribution in [0.25, 0.3) is 10.9 Å². The van der Waals surface area contributed by atoms with Gasteiger partial charge in [-0.3, -0.25) is 14.5 Å². The van der Waals surface area contributed by atoms with Crippen molar-refractivity contribution in [1.29, 1.82) is 0 Å². The number of nitrogens with two attached hydrogens (primary N) is 1.